The number of nitrogens with zero attached hydrogens (tertiary/aromatic N) is 1. The van der Waals surface area contributed by atoms with E-state index in [0.717, 1.165) is 31.6 Å². The first-order chi connectivity index (χ1) is 14.1. The SMILES string of the molecule is CCOc1c(Cl)cc(/C=C/C(=O)NC2CCN(Cc3ccccc3)C2)cc1OC. The number of likely N-dealkylation sites (tertiary alicyclic amines) is 1. The molecule has 0 radical (unpaired) electrons. The predicted octanol–water partition coefficient (Wildman–Crippen LogP) is 4.15. The average molecular weight is 415 g/mol. The summed E-state index contributed by atoms with van der Waals surface area (Å²) in [5, 5.41) is 3.54. The highest BCUT2D eigenvalue weighted by atomic mass is 35.5. The molecule has 0 bridgehead atoms. The second-order valence-electron chi connectivity index (χ2n) is 7.02. The summed E-state index contributed by atoms with van der Waals surface area (Å²) < 4.78 is 10.9. The van der Waals surface area contributed by atoms with Crippen LogP contribution in [-0.4, -0.2) is 43.7 Å². The molecule has 1 atom stereocenters. The first-order valence-corrected chi connectivity index (χ1v) is 10.2. The number of amides is 1. The molecule has 2 aromatic carbocycles. The van der Waals surface area contributed by atoms with Crippen LogP contribution in [0.5, 0.6) is 11.5 Å². The molecule has 1 N–H and O–H groups in total. The van der Waals surface area contributed by atoms with Crippen molar-refractivity contribution in [3.8, 4) is 11.5 Å². The van der Waals surface area contributed by atoms with Crippen molar-refractivity contribution < 1.29 is 14.3 Å². The van der Waals surface area contributed by atoms with Gasteiger partial charge in [-0.25, -0.2) is 0 Å². The van der Waals surface area contributed by atoms with Crippen LogP contribution in [0.15, 0.2) is 48.5 Å². The molecule has 1 saturated heterocycles. The summed E-state index contributed by atoms with van der Waals surface area (Å²) in [7, 11) is 1.57. The van der Waals surface area contributed by atoms with Crippen molar-refractivity contribution >= 4 is 23.6 Å². The fourth-order valence-electron chi connectivity index (χ4n) is 3.48. The molecule has 154 valence electrons. The highest BCUT2D eigenvalue weighted by molar-refractivity contribution is 6.32. The lowest BCUT2D eigenvalue weighted by Gasteiger charge is -2.16. The zero-order valence-corrected chi connectivity index (χ0v) is 17.6. The molecule has 1 aliphatic rings. The smallest absolute Gasteiger partial charge is 0.244 e. The lowest BCUT2D eigenvalue weighted by Crippen LogP contribution is -2.35. The van der Waals surface area contributed by atoms with E-state index >= 15 is 0 Å². The van der Waals surface area contributed by atoms with Gasteiger partial charge in [-0.15, -0.1) is 0 Å². The molecule has 1 unspecified atom stereocenters. The summed E-state index contributed by atoms with van der Waals surface area (Å²) in [6.45, 7) is 5.13. The number of benzene rings is 2. The largest absolute Gasteiger partial charge is 0.493 e. The van der Waals surface area contributed by atoms with Crippen LogP contribution >= 0.6 is 11.6 Å². The monoisotopic (exact) mass is 414 g/mol. The number of ether oxygens (including phenoxy) is 2. The molecule has 1 amide bonds. The van der Waals surface area contributed by atoms with Gasteiger partial charge in [-0.3, -0.25) is 9.69 Å². The molecule has 5 nitrogen and oxygen atoms in total. The van der Waals surface area contributed by atoms with Crippen molar-refractivity contribution in [2.45, 2.75) is 25.9 Å². The van der Waals surface area contributed by atoms with Gasteiger partial charge < -0.3 is 14.8 Å². The summed E-state index contributed by atoms with van der Waals surface area (Å²) >= 11 is 6.28. The van der Waals surface area contributed by atoms with Gasteiger partial charge in [0, 0.05) is 31.8 Å². The second kappa shape index (κ2) is 10.3. The van der Waals surface area contributed by atoms with E-state index in [1.807, 2.05) is 13.0 Å². The minimum Gasteiger partial charge on any atom is -0.493 e. The van der Waals surface area contributed by atoms with E-state index in [0.29, 0.717) is 23.1 Å². The number of carbonyl (C=O) groups is 1. The van der Waals surface area contributed by atoms with Gasteiger partial charge >= 0.3 is 0 Å². The first-order valence-electron chi connectivity index (χ1n) is 9.84. The first kappa shape index (κ1) is 21.2. The summed E-state index contributed by atoms with van der Waals surface area (Å²) in [5.41, 5.74) is 2.07. The van der Waals surface area contributed by atoms with Crippen molar-refractivity contribution in [2.75, 3.05) is 26.8 Å². The quantitative estimate of drug-likeness (QED) is 0.659. The van der Waals surface area contributed by atoms with Gasteiger partial charge in [0.2, 0.25) is 5.91 Å². The fourth-order valence-corrected chi connectivity index (χ4v) is 3.75. The van der Waals surface area contributed by atoms with Gasteiger partial charge in [-0.2, -0.15) is 0 Å². The zero-order chi connectivity index (χ0) is 20.6. The highest BCUT2D eigenvalue weighted by Gasteiger charge is 2.23. The van der Waals surface area contributed by atoms with Crippen molar-refractivity contribution in [3.05, 3.63) is 64.7 Å². The minimum absolute atomic E-state index is 0.111. The maximum atomic E-state index is 12.3. The van der Waals surface area contributed by atoms with E-state index in [4.69, 9.17) is 21.1 Å². The molecule has 3 rings (SSSR count). The lowest BCUT2D eigenvalue weighted by atomic mass is 10.1. The van der Waals surface area contributed by atoms with E-state index in [9.17, 15) is 4.79 Å². The highest BCUT2D eigenvalue weighted by Crippen LogP contribution is 2.36. The van der Waals surface area contributed by atoms with Crippen LogP contribution < -0.4 is 14.8 Å². The van der Waals surface area contributed by atoms with E-state index in [1.165, 1.54) is 11.6 Å². The Morgan fingerprint density at radius 3 is 2.83 bits per heavy atom. The van der Waals surface area contributed by atoms with Crippen molar-refractivity contribution in [2.24, 2.45) is 0 Å². The third kappa shape index (κ3) is 5.99. The number of hydrogen-bond acceptors (Lipinski definition) is 4. The number of carbonyl (C=O) groups excluding carboxylic acids is 1. The molecule has 2 aromatic rings. The van der Waals surface area contributed by atoms with Crippen LogP contribution in [0.4, 0.5) is 0 Å². The Balaban J connectivity index is 1.54. The molecule has 1 heterocycles. The number of halogens is 1. The Morgan fingerprint density at radius 1 is 1.31 bits per heavy atom. The fraction of sp³-hybridized carbons (Fsp3) is 0.348. The predicted molar refractivity (Wildman–Crippen MR) is 116 cm³/mol. The molecule has 0 spiro atoms. The van der Waals surface area contributed by atoms with Crippen LogP contribution in [0.2, 0.25) is 5.02 Å². The Labute approximate surface area is 177 Å². The number of nitrogens with one attached hydrogen (secondary N) is 1. The number of hydrogen-bond donors (Lipinski definition) is 1. The van der Waals surface area contributed by atoms with Crippen LogP contribution in [0, 0.1) is 0 Å². The molecule has 6 heteroatoms. The van der Waals surface area contributed by atoms with E-state index in [-0.39, 0.29) is 11.9 Å². The van der Waals surface area contributed by atoms with E-state index < -0.39 is 0 Å². The van der Waals surface area contributed by atoms with Crippen LogP contribution in [0.1, 0.15) is 24.5 Å². The summed E-state index contributed by atoms with van der Waals surface area (Å²) in [6.07, 6.45) is 4.22. The van der Waals surface area contributed by atoms with Gasteiger partial charge in [0.05, 0.1) is 18.7 Å². The summed E-state index contributed by atoms with van der Waals surface area (Å²) in [4.78, 5) is 14.7. The van der Waals surface area contributed by atoms with Gasteiger partial charge in [-0.05, 0) is 42.7 Å². The maximum absolute atomic E-state index is 12.3. The minimum atomic E-state index is -0.111. The maximum Gasteiger partial charge on any atom is 0.244 e. The van der Waals surface area contributed by atoms with Crippen molar-refractivity contribution in [3.63, 3.8) is 0 Å². The van der Waals surface area contributed by atoms with Crippen LogP contribution in [0.25, 0.3) is 6.08 Å². The van der Waals surface area contributed by atoms with E-state index in [2.05, 4.69) is 34.5 Å². The molecule has 29 heavy (non-hydrogen) atoms. The molecule has 0 aliphatic carbocycles. The Bertz CT molecular complexity index is 855. The molecule has 0 aromatic heterocycles. The summed E-state index contributed by atoms with van der Waals surface area (Å²) in [5.74, 6) is 0.954. The van der Waals surface area contributed by atoms with Crippen LogP contribution in [-0.2, 0) is 11.3 Å². The van der Waals surface area contributed by atoms with Crippen molar-refractivity contribution in [1.82, 2.24) is 10.2 Å². The average Bonchev–Trinajstić information content (AvgIpc) is 3.15. The molecule has 1 aliphatic heterocycles. The van der Waals surface area contributed by atoms with Crippen LogP contribution in [0.3, 0.4) is 0 Å². The Kier molecular flexibility index (Phi) is 7.55. The number of rotatable bonds is 8. The Morgan fingerprint density at radius 2 is 2.10 bits per heavy atom. The van der Waals surface area contributed by atoms with Gasteiger partial charge in [0.1, 0.15) is 0 Å². The van der Waals surface area contributed by atoms with E-state index in [1.54, 1.807) is 25.3 Å². The second-order valence-corrected chi connectivity index (χ2v) is 7.42. The van der Waals surface area contributed by atoms with Gasteiger partial charge in [0.25, 0.3) is 0 Å². The topological polar surface area (TPSA) is 50.8 Å². The lowest BCUT2D eigenvalue weighted by molar-refractivity contribution is -0.117. The Hall–Kier alpha value is -2.50. The summed E-state index contributed by atoms with van der Waals surface area (Å²) in [6, 6.07) is 14.1. The molecule has 1 fully saturated rings. The molecular formula is C23H27ClN2O3. The normalized spacial score (nSPS) is 16.9. The standard InChI is InChI=1S/C23H27ClN2O3/c1-3-29-23-20(24)13-18(14-21(23)28-2)9-10-22(27)25-19-11-12-26(16-19)15-17-7-5-4-6-8-17/h4-10,13-14,19H,3,11-12,15-16H2,1-2H3,(H,25,27)/b10-9+. The number of methoxy groups -OCH3 is 1. The third-order valence-corrected chi connectivity index (χ3v) is 5.12. The van der Waals surface area contributed by atoms with Gasteiger partial charge in [0.15, 0.2) is 11.5 Å². The van der Waals surface area contributed by atoms with Gasteiger partial charge in [-0.1, -0.05) is 41.9 Å². The molecule has 0 saturated carbocycles. The van der Waals surface area contributed by atoms with Crippen molar-refractivity contribution in [1.29, 1.82) is 0 Å². The zero-order valence-electron chi connectivity index (χ0n) is 16.9. The molecular weight excluding hydrogens is 388 g/mol. The third-order valence-electron chi connectivity index (χ3n) is 4.84.